The lowest BCUT2D eigenvalue weighted by Crippen LogP contribution is -2.46. The Kier molecular flexibility index (Phi) is 6.92. The summed E-state index contributed by atoms with van der Waals surface area (Å²) in [6.07, 6.45) is 1.97. The largest absolute Gasteiger partial charge is 0.495 e. The molecule has 0 unspecified atom stereocenters. The number of hydrogen-bond acceptors (Lipinski definition) is 7. The molecule has 0 amide bonds. The molecule has 2 aromatic rings. The van der Waals surface area contributed by atoms with Crippen molar-refractivity contribution >= 4 is 11.5 Å². The molecule has 0 atom stereocenters. The molecule has 1 aromatic carbocycles. The minimum Gasteiger partial charge on any atom is -0.495 e. The van der Waals surface area contributed by atoms with Crippen molar-refractivity contribution in [2.75, 3.05) is 56.6 Å². The van der Waals surface area contributed by atoms with Gasteiger partial charge in [0, 0.05) is 46.8 Å². The predicted molar refractivity (Wildman–Crippen MR) is 114 cm³/mol. The summed E-state index contributed by atoms with van der Waals surface area (Å²) >= 11 is 0. The summed E-state index contributed by atoms with van der Waals surface area (Å²) < 4.78 is 7.71. The van der Waals surface area contributed by atoms with E-state index in [1.807, 2.05) is 18.2 Å². The number of nitrogens with zero attached hydrogens (tertiary/aromatic N) is 5. The second-order valence-electron chi connectivity index (χ2n) is 7.25. The van der Waals surface area contributed by atoms with Crippen molar-refractivity contribution in [1.29, 1.82) is 0 Å². The highest BCUT2D eigenvalue weighted by Crippen LogP contribution is 2.28. The monoisotopic (exact) mass is 402 g/mol. The molecule has 158 valence electrons. The quantitative estimate of drug-likeness (QED) is 0.644. The van der Waals surface area contributed by atoms with Gasteiger partial charge in [0.1, 0.15) is 5.75 Å². The summed E-state index contributed by atoms with van der Waals surface area (Å²) in [6.45, 7) is 5.69. The van der Waals surface area contributed by atoms with Gasteiger partial charge in [-0.3, -0.25) is 14.3 Å². The zero-order valence-corrected chi connectivity index (χ0v) is 17.4. The lowest BCUT2D eigenvalue weighted by Gasteiger charge is -2.36. The Morgan fingerprint density at radius 1 is 1.07 bits per heavy atom. The number of ether oxygens (including phenoxy) is 1. The molecular weight excluding hydrogens is 372 g/mol. The van der Waals surface area contributed by atoms with Gasteiger partial charge in [0.25, 0.3) is 5.56 Å². The fourth-order valence-electron chi connectivity index (χ4n) is 3.58. The number of methoxy groups -OCH3 is 1. The van der Waals surface area contributed by atoms with Crippen molar-refractivity contribution in [1.82, 2.24) is 19.2 Å². The number of aryl methyl sites for hydroxylation is 1. The molecule has 0 bridgehead atoms. The smallest absolute Gasteiger partial charge is 0.346 e. The number of nitrogens with one attached hydrogen (secondary N) is 1. The standard InChI is InChI=1S/C20H30N6O3/c1-23-19(27)18(22-24(2)20(23)28)21-10-6-7-11-25-12-14-26(15-13-25)16-8-4-5-9-17(16)29-3/h4-5,8-9H,6-7,10-15H2,1-3H3,(H,21,22). The van der Waals surface area contributed by atoms with Crippen LogP contribution in [0.4, 0.5) is 11.5 Å². The fraction of sp³-hybridized carbons (Fsp3) is 0.550. The second-order valence-corrected chi connectivity index (χ2v) is 7.25. The number of hydrogen-bond donors (Lipinski definition) is 1. The van der Waals surface area contributed by atoms with Crippen LogP contribution in [0.1, 0.15) is 12.8 Å². The Balaban J connectivity index is 1.40. The van der Waals surface area contributed by atoms with Gasteiger partial charge >= 0.3 is 5.69 Å². The predicted octanol–water partition coefficient (Wildman–Crippen LogP) is 0.502. The van der Waals surface area contributed by atoms with E-state index in [1.165, 1.54) is 18.8 Å². The Hall–Kier alpha value is -2.81. The number of aromatic nitrogens is 3. The molecule has 9 heteroatoms. The first-order chi connectivity index (χ1) is 14.0. The molecule has 1 N–H and O–H groups in total. The van der Waals surface area contributed by atoms with E-state index in [1.54, 1.807) is 7.11 Å². The highest BCUT2D eigenvalue weighted by Gasteiger charge is 2.19. The lowest BCUT2D eigenvalue weighted by molar-refractivity contribution is 0.253. The number of anilines is 2. The molecule has 0 saturated carbocycles. The number of piperazine rings is 1. The number of benzene rings is 1. The van der Waals surface area contributed by atoms with E-state index >= 15 is 0 Å². The summed E-state index contributed by atoms with van der Waals surface area (Å²) in [5.41, 5.74) is 0.346. The van der Waals surface area contributed by atoms with Gasteiger partial charge in [-0.05, 0) is 31.5 Å². The van der Waals surface area contributed by atoms with E-state index in [2.05, 4.69) is 26.3 Å². The van der Waals surface area contributed by atoms with Crippen LogP contribution < -0.4 is 26.2 Å². The van der Waals surface area contributed by atoms with E-state index in [4.69, 9.17) is 4.74 Å². The van der Waals surface area contributed by atoms with Crippen molar-refractivity contribution in [3.05, 3.63) is 45.1 Å². The molecule has 0 aliphatic carbocycles. The first-order valence-corrected chi connectivity index (χ1v) is 10.00. The van der Waals surface area contributed by atoms with Gasteiger partial charge in [0.05, 0.1) is 12.8 Å². The van der Waals surface area contributed by atoms with Crippen LogP contribution in [0.5, 0.6) is 5.75 Å². The summed E-state index contributed by atoms with van der Waals surface area (Å²) in [4.78, 5) is 28.6. The molecule has 1 fully saturated rings. The van der Waals surface area contributed by atoms with Gasteiger partial charge in [0.2, 0.25) is 5.82 Å². The average molecular weight is 402 g/mol. The Morgan fingerprint density at radius 2 is 1.79 bits per heavy atom. The molecule has 3 rings (SSSR count). The van der Waals surface area contributed by atoms with Crippen LogP contribution in [0, 0.1) is 0 Å². The molecule has 1 saturated heterocycles. The van der Waals surface area contributed by atoms with Crippen molar-refractivity contribution in [3.63, 3.8) is 0 Å². The van der Waals surface area contributed by atoms with Crippen molar-refractivity contribution < 1.29 is 4.74 Å². The topological polar surface area (TPSA) is 84.6 Å². The Bertz CT molecular complexity index is 931. The minimum absolute atomic E-state index is 0.222. The van der Waals surface area contributed by atoms with E-state index in [0.29, 0.717) is 6.54 Å². The highest BCUT2D eigenvalue weighted by atomic mass is 16.5. The molecule has 29 heavy (non-hydrogen) atoms. The summed E-state index contributed by atoms with van der Waals surface area (Å²) in [6, 6.07) is 8.15. The molecule has 1 aliphatic heterocycles. The van der Waals surface area contributed by atoms with E-state index < -0.39 is 5.69 Å². The van der Waals surface area contributed by atoms with Gasteiger partial charge in [0.15, 0.2) is 0 Å². The van der Waals surface area contributed by atoms with Crippen LogP contribution in [-0.2, 0) is 14.1 Å². The summed E-state index contributed by atoms with van der Waals surface area (Å²) in [5, 5.41) is 7.06. The zero-order chi connectivity index (χ0) is 20.8. The SMILES string of the molecule is COc1ccccc1N1CCN(CCCCNc2nn(C)c(=O)n(C)c2=O)CC1. The van der Waals surface area contributed by atoms with E-state index in [-0.39, 0.29) is 11.4 Å². The fourth-order valence-corrected chi connectivity index (χ4v) is 3.58. The van der Waals surface area contributed by atoms with Crippen LogP contribution in [0.25, 0.3) is 0 Å². The molecule has 0 radical (unpaired) electrons. The third kappa shape index (κ3) is 4.97. The maximum atomic E-state index is 12.0. The Morgan fingerprint density at radius 3 is 2.52 bits per heavy atom. The van der Waals surface area contributed by atoms with Gasteiger partial charge < -0.3 is 15.0 Å². The van der Waals surface area contributed by atoms with Crippen LogP contribution >= 0.6 is 0 Å². The molecule has 0 spiro atoms. The maximum Gasteiger partial charge on any atom is 0.346 e. The van der Waals surface area contributed by atoms with Crippen LogP contribution in [0.3, 0.4) is 0 Å². The third-order valence-corrected chi connectivity index (χ3v) is 5.31. The summed E-state index contributed by atoms with van der Waals surface area (Å²) in [7, 11) is 4.71. The molecule has 2 heterocycles. The van der Waals surface area contributed by atoms with Gasteiger partial charge in [-0.2, -0.15) is 0 Å². The number of unbranched alkanes of at least 4 members (excludes halogenated alkanes) is 1. The minimum atomic E-state index is -0.423. The highest BCUT2D eigenvalue weighted by molar-refractivity contribution is 5.58. The van der Waals surface area contributed by atoms with E-state index in [9.17, 15) is 9.59 Å². The van der Waals surface area contributed by atoms with Gasteiger partial charge in [-0.25, -0.2) is 9.48 Å². The Labute approximate surface area is 170 Å². The van der Waals surface area contributed by atoms with Gasteiger partial charge in [-0.15, -0.1) is 5.10 Å². The normalized spacial score (nSPS) is 14.8. The summed E-state index contributed by atoms with van der Waals surface area (Å²) in [5.74, 6) is 1.14. The van der Waals surface area contributed by atoms with E-state index in [0.717, 1.165) is 61.6 Å². The molecule has 1 aromatic heterocycles. The molecule has 1 aliphatic rings. The van der Waals surface area contributed by atoms with Crippen molar-refractivity contribution in [3.8, 4) is 5.75 Å². The number of rotatable bonds is 8. The van der Waals surface area contributed by atoms with Crippen molar-refractivity contribution in [2.45, 2.75) is 12.8 Å². The van der Waals surface area contributed by atoms with Crippen LogP contribution in [0.2, 0.25) is 0 Å². The lowest BCUT2D eigenvalue weighted by atomic mass is 10.2. The molecular formula is C20H30N6O3. The first kappa shape index (κ1) is 20.9. The first-order valence-electron chi connectivity index (χ1n) is 10.00. The molecule has 9 nitrogen and oxygen atoms in total. The third-order valence-electron chi connectivity index (χ3n) is 5.31. The average Bonchev–Trinajstić information content (AvgIpc) is 2.75. The van der Waals surface area contributed by atoms with Crippen LogP contribution in [0.15, 0.2) is 33.9 Å². The van der Waals surface area contributed by atoms with Gasteiger partial charge in [-0.1, -0.05) is 12.1 Å². The zero-order valence-electron chi connectivity index (χ0n) is 17.4. The maximum absolute atomic E-state index is 12.0. The van der Waals surface area contributed by atoms with Crippen molar-refractivity contribution in [2.24, 2.45) is 14.1 Å². The van der Waals surface area contributed by atoms with Crippen LogP contribution in [-0.4, -0.2) is 65.6 Å². The second kappa shape index (κ2) is 9.60. The number of para-hydroxylation sites is 2.